The lowest BCUT2D eigenvalue weighted by molar-refractivity contribution is 0.126. The molecule has 4 N–H and O–H groups in total. The topological polar surface area (TPSA) is 70.9 Å². The Labute approximate surface area is 150 Å². The van der Waals surface area contributed by atoms with Gasteiger partial charge in [0.25, 0.3) is 0 Å². The van der Waals surface area contributed by atoms with Crippen molar-refractivity contribution in [1.29, 1.82) is 0 Å². The zero-order chi connectivity index (χ0) is 14.9. The third-order valence-electron chi connectivity index (χ3n) is 3.89. The second-order valence-electron chi connectivity index (χ2n) is 5.62. The molecule has 6 heteroatoms. The summed E-state index contributed by atoms with van der Waals surface area (Å²) in [6.07, 6.45) is 2.22. The minimum absolute atomic E-state index is 0. The minimum atomic E-state index is 0. The molecule has 1 saturated heterocycles. The van der Waals surface area contributed by atoms with Crippen molar-refractivity contribution in [2.24, 2.45) is 16.5 Å². The van der Waals surface area contributed by atoms with E-state index in [9.17, 15) is 0 Å². The molecule has 1 aliphatic heterocycles. The molecule has 5 nitrogen and oxygen atoms in total. The number of aliphatic imine (C=N–C) groups is 1. The molecule has 1 fully saturated rings. The smallest absolute Gasteiger partial charge is 0.185 e. The van der Waals surface area contributed by atoms with Gasteiger partial charge in [-0.05, 0) is 24.9 Å². The maximum atomic E-state index is 5.31. The molecule has 1 aliphatic rings. The zero-order valence-corrected chi connectivity index (χ0v) is 15.5. The molecular weight excluding hydrogens is 389 g/mol. The predicted molar refractivity (Wildman–Crippen MR) is 103 cm³/mol. The minimum Gasteiger partial charge on any atom is -0.370 e. The number of hydrogen-bond acceptors (Lipinski definition) is 3. The molecule has 2 rings (SSSR count). The van der Waals surface area contributed by atoms with Gasteiger partial charge in [-0.2, -0.15) is 0 Å². The van der Waals surface area contributed by atoms with Crippen LogP contribution in [0.5, 0.6) is 0 Å². The maximum Gasteiger partial charge on any atom is 0.185 e. The van der Waals surface area contributed by atoms with E-state index < -0.39 is 0 Å². The van der Waals surface area contributed by atoms with Crippen molar-refractivity contribution >= 4 is 29.9 Å². The van der Waals surface area contributed by atoms with Crippen LogP contribution in [0.1, 0.15) is 18.4 Å². The first-order valence-corrected chi connectivity index (χ1v) is 7.78. The van der Waals surface area contributed by atoms with Gasteiger partial charge in [0.05, 0.1) is 0 Å². The van der Waals surface area contributed by atoms with Gasteiger partial charge in [-0.3, -0.25) is 9.89 Å². The van der Waals surface area contributed by atoms with E-state index in [-0.39, 0.29) is 29.9 Å². The van der Waals surface area contributed by atoms with E-state index in [1.54, 1.807) is 0 Å². The molecular formula is C16H28IN5. The fraction of sp³-hybridized carbons (Fsp3) is 0.562. The Morgan fingerprint density at radius 1 is 0.955 bits per heavy atom. The van der Waals surface area contributed by atoms with Crippen LogP contribution in [0, 0.1) is 0 Å². The highest BCUT2D eigenvalue weighted by atomic mass is 127. The van der Waals surface area contributed by atoms with Crippen LogP contribution in [0.2, 0.25) is 0 Å². The Hall–Kier alpha value is -0.860. The van der Waals surface area contributed by atoms with Crippen molar-refractivity contribution in [2.45, 2.75) is 19.4 Å². The van der Waals surface area contributed by atoms with E-state index in [4.69, 9.17) is 11.5 Å². The highest BCUT2D eigenvalue weighted by Gasteiger charge is 2.16. The second-order valence-corrected chi connectivity index (χ2v) is 5.62. The van der Waals surface area contributed by atoms with E-state index in [1.165, 1.54) is 5.56 Å². The summed E-state index contributed by atoms with van der Waals surface area (Å²) >= 11 is 0. The van der Waals surface area contributed by atoms with Gasteiger partial charge in [-0.15, -0.1) is 24.0 Å². The van der Waals surface area contributed by atoms with Gasteiger partial charge in [0.2, 0.25) is 0 Å². The Balaban J connectivity index is 0.00000242. The zero-order valence-electron chi connectivity index (χ0n) is 13.2. The number of unbranched alkanes of at least 4 members (excludes halogenated alkanes) is 1. The average Bonchev–Trinajstić information content (AvgIpc) is 2.49. The van der Waals surface area contributed by atoms with Crippen LogP contribution >= 0.6 is 24.0 Å². The first kappa shape index (κ1) is 19.2. The van der Waals surface area contributed by atoms with Gasteiger partial charge in [0.15, 0.2) is 5.96 Å². The van der Waals surface area contributed by atoms with Gasteiger partial charge in [-0.25, -0.2) is 0 Å². The van der Waals surface area contributed by atoms with Gasteiger partial charge in [0.1, 0.15) is 0 Å². The first-order valence-electron chi connectivity index (χ1n) is 7.78. The molecule has 124 valence electrons. The van der Waals surface area contributed by atoms with Crippen LogP contribution in [0.4, 0.5) is 0 Å². The van der Waals surface area contributed by atoms with Crippen molar-refractivity contribution in [2.75, 3.05) is 39.3 Å². The lowest BCUT2D eigenvalue weighted by Gasteiger charge is -2.34. The van der Waals surface area contributed by atoms with Gasteiger partial charge in [0, 0.05) is 39.3 Å². The highest BCUT2D eigenvalue weighted by molar-refractivity contribution is 14.0. The number of benzene rings is 1. The Kier molecular flexibility index (Phi) is 9.42. The number of halogens is 1. The van der Waals surface area contributed by atoms with Crippen LogP contribution in [-0.4, -0.2) is 55.0 Å². The van der Waals surface area contributed by atoms with Crippen molar-refractivity contribution in [3.8, 4) is 0 Å². The quantitative estimate of drug-likeness (QED) is 0.305. The largest absolute Gasteiger partial charge is 0.370 e. The molecule has 0 aliphatic carbocycles. The first-order chi connectivity index (χ1) is 10.2. The third-order valence-corrected chi connectivity index (χ3v) is 3.89. The van der Waals surface area contributed by atoms with Crippen LogP contribution in [0.3, 0.4) is 0 Å². The van der Waals surface area contributed by atoms with Gasteiger partial charge >= 0.3 is 0 Å². The molecule has 0 spiro atoms. The summed E-state index contributed by atoms with van der Waals surface area (Å²) in [4.78, 5) is 9.08. The molecule has 1 aromatic rings. The number of nitrogens with zero attached hydrogens (tertiary/aromatic N) is 3. The summed E-state index contributed by atoms with van der Waals surface area (Å²) in [5.41, 5.74) is 12.0. The van der Waals surface area contributed by atoms with E-state index in [1.807, 2.05) is 0 Å². The monoisotopic (exact) mass is 417 g/mol. The number of guanidine groups is 1. The third kappa shape index (κ3) is 7.42. The number of nitrogens with two attached hydrogens (primary N) is 2. The lowest BCUT2D eigenvalue weighted by Crippen LogP contribution is -2.46. The maximum absolute atomic E-state index is 5.31. The molecule has 0 saturated carbocycles. The lowest BCUT2D eigenvalue weighted by atomic mass is 10.2. The summed E-state index contributed by atoms with van der Waals surface area (Å²) < 4.78 is 0. The van der Waals surface area contributed by atoms with Crippen LogP contribution in [0.25, 0.3) is 0 Å². The van der Waals surface area contributed by atoms with Crippen molar-refractivity contribution < 1.29 is 0 Å². The van der Waals surface area contributed by atoms with Gasteiger partial charge < -0.3 is 16.4 Å². The molecule has 0 amide bonds. The summed E-state index contributed by atoms with van der Waals surface area (Å²) in [6, 6.07) is 10.7. The number of rotatable bonds is 7. The summed E-state index contributed by atoms with van der Waals surface area (Å²) in [6.45, 7) is 7.60. The molecule has 0 unspecified atom stereocenters. The van der Waals surface area contributed by atoms with Crippen molar-refractivity contribution in [1.82, 2.24) is 9.80 Å². The van der Waals surface area contributed by atoms with E-state index in [2.05, 4.69) is 45.1 Å². The standard InChI is InChI=1S/C16H27N5.HI/c17-16(18)19-8-4-5-9-20-10-12-21(13-11-20)14-15-6-2-1-3-7-15;/h1-3,6-7H,4-5,8-14H2,(H4,17,18,19);1H. The normalized spacial score (nSPS) is 16.0. The molecule has 0 aromatic heterocycles. The Bertz CT molecular complexity index is 425. The molecule has 1 heterocycles. The Morgan fingerprint density at radius 2 is 1.59 bits per heavy atom. The predicted octanol–water partition coefficient (Wildman–Crippen LogP) is 1.48. The van der Waals surface area contributed by atoms with Gasteiger partial charge in [-0.1, -0.05) is 30.3 Å². The van der Waals surface area contributed by atoms with E-state index in [0.717, 1.165) is 58.7 Å². The fourth-order valence-electron chi connectivity index (χ4n) is 2.67. The highest BCUT2D eigenvalue weighted by Crippen LogP contribution is 2.09. The summed E-state index contributed by atoms with van der Waals surface area (Å²) in [5, 5.41) is 0. The second kappa shape index (κ2) is 10.8. The summed E-state index contributed by atoms with van der Waals surface area (Å²) in [7, 11) is 0. The molecule has 0 bridgehead atoms. The number of piperazine rings is 1. The molecule has 1 aromatic carbocycles. The average molecular weight is 417 g/mol. The Morgan fingerprint density at radius 3 is 2.23 bits per heavy atom. The molecule has 22 heavy (non-hydrogen) atoms. The van der Waals surface area contributed by atoms with Crippen molar-refractivity contribution in [3.05, 3.63) is 35.9 Å². The van der Waals surface area contributed by atoms with E-state index in [0.29, 0.717) is 0 Å². The molecule has 0 radical (unpaired) electrons. The fourth-order valence-corrected chi connectivity index (χ4v) is 2.67. The van der Waals surface area contributed by atoms with E-state index >= 15 is 0 Å². The summed E-state index contributed by atoms with van der Waals surface area (Å²) in [5.74, 6) is 0.199. The number of hydrogen-bond donors (Lipinski definition) is 2. The van der Waals surface area contributed by atoms with Crippen LogP contribution in [-0.2, 0) is 6.54 Å². The molecule has 0 atom stereocenters. The van der Waals surface area contributed by atoms with Crippen LogP contribution < -0.4 is 11.5 Å². The van der Waals surface area contributed by atoms with Crippen LogP contribution in [0.15, 0.2) is 35.3 Å². The SMILES string of the molecule is I.NC(N)=NCCCCN1CCN(Cc2ccccc2)CC1. The van der Waals surface area contributed by atoms with Crippen molar-refractivity contribution in [3.63, 3.8) is 0 Å².